The quantitative estimate of drug-likeness (QED) is 0.225. The molecule has 10 nitrogen and oxygen atoms in total. The fourth-order valence-corrected chi connectivity index (χ4v) is 4.23. The predicted octanol–water partition coefficient (Wildman–Crippen LogP) is 5.57. The lowest BCUT2D eigenvalue weighted by Gasteiger charge is -2.16. The second-order valence-electron chi connectivity index (χ2n) is 7.55. The molecule has 3 rings (SSSR count). The topological polar surface area (TPSA) is 144 Å². The SMILES string of the molecule is CCC(Sc1cccc(NC(=O)c2cccc([N+](=O)[O-])c2)c1)C(=O)Nc1ccc([N+](=O)[O-])cc1C. The number of benzene rings is 3. The number of carbonyl (C=O) groups is 2. The monoisotopic (exact) mass is 494 g/mol. The van der Waals surface area contributed by atoms with Crippen LogP contribution in [0.1, 0.15) is 29.3 Å². The Hall–Kier alpha value is -4.25. The first kappa shape index (κ1) is 25.4. The number of anilines is 2. The molecule has 0 heterocycles. The summed E-state index contributed by atoms with van der Waals surface area (Å²) in [6, 6.07) is 16.6. The number of amides is 2. The largest absolute Gasteiger partial charge is 0.325 e. The Bertz CT molecular complexity index is 1300. The van der Waals surface area contributed by atoms with Gasteiger partial charge in [0.25, 0.3) is 17.3 Å². The van der Waals surface area contributed by atoms with Crippen LogP contribution in [0.15, 0.2) is 71.6 Å². The molecular formula is C24H22N4O6S. The molecule has 0 aliphatic rings. The van der Waals surface area contributed by atoms with Crippen LogP contribution in [0, 0.1) is 27.2 Å². The molecule has 0 radical (unpaired) electrons. The van der Waals surface area contributed by atoms with Gasteiger partial charge in [0.15, 0.2) is 0 Å². The molecule has 2 amide bonds. The zero-order valence-corrected chi connectivity index (χ0v) is 19.7. The molecule has 0 aliphatic heterocycles. The zero-order valence-electron chi connectivity index (χ0n) is 18.9. The van der Waals surface area contributed by atoms with Gasteiger partial charge in [-0.2, -0.15) is 0 Å². The van der Waals surface area contributed by atoms with E-state index in [9.17, 15) is 29.8 Å². The average Bonchev–Trinajstić information content (AvgIpc) is 2.83. The third-order valence-corrected chi connectivity index (χ3v) is 6.39. The summed E-state index contributed by atoms with van der Waals surface area (Å²) in [7, 11) is 0. The summed E-state index contributed by atoms with van der Waals surface area (Å²) in [5.41, 5.74) is 1.48. The highest BCUT2D eigenvalue weighted by atomic mass is 32.2. The molecule has 1 unspecified atom stereocenters. The minimum absolute atomic E-state index is 0.0501. The number of nitrogens with zero attached hydrogens (tertiary/aromatic N) is 2. The number of non-ortho nitro benzene ring substituents is 2. The zero-order chi connectivity index (χ0) is 25.5. The van der Waals surface area contributed by atoms with Gasteiger partial charge >= 0.3 is 0 Å². The lowest BCUT2D eigenvalue weighted by molar-refractivity contribution is -0.385. The Morgan fingerprint density at radius 2 is 1.60 bits per heavy atom. The summed E-state index contributed by atoms with van der Waals surface area (Å²) >= 11 is 1.31. The first-order valence-corrected chi connectivity index (χ1v) is 11.4. The fraction of sp³-hybridized carbons (Fsp3) is 0.167. The van der Waals surface area contributed by atoms with E-state index in [4.69, 9.17) is 0 Å². The number of aryl methyl sites for hydroxylation is 1. The molecule has 0 saturated carbocycles. The van der Waals surface area contributed by atoms with Crippen molar-refractivity contribution in [1.82, 2.24) is 0 Å². The second-order valence-corrected chi connectivity index (χ2v) is 8.83. The van der Waals surface area contributed by atoms with E-state index in [1.54, 1.807) is 31.2 Å². The van der Waals surface area contributed by atoms with Crippen LogP contribution in [0.2, 0.25) is 0 Å². The van der Waals surface area contributed by atoms with Crippen LogP contribution in [0.5, 0.6) is 0 Å². The minimum atomic E-state index is -0.567. The Balaban J connectivity index is 1.69. The summed E-state index contributed by atoms with van der Waals surface area (Å²) in [4.78, 5) is 47.0. The smallest absolute Gasteiger partial charge is 0.270 e. The number of rotatable bonds is 9. The number of nitro groups is 2. The highest BCUT2D eigenvalue weighted by molar-refractivity contribution is 8.00. The van der Waals surface area contributed by atoms with Gasteiger partial charge in [-0.25, -0.2) is 0 Å². The van der Waals surface area contributed by atoms with Gasteiger partial charge in [-0.05, 0) is 49.2 Å². The fourth-order valence-electron chi connectivity index (χ4n) is 3.21. The van der Waals surface area contributed by atoms with E-state index in [-0.39, 0.29) is 22.8 Å². The molecule has 3 aromatic carbocycles. The van der Waals surface area contributed by atoms with Gasteiger partial charge < -0.3 is 10.6 Å². The van der Waals surface area contributed by atoms with E-state index in [1.165, 1.54) is 54.2 Å². The molecule has 1 atom stereocenters. The van der Waals surface area contributed by atoms with Crippen molar-refractivity contribution in [2.45, 2.75) is 30.4 Å². The standard InChI is InChI=1S/C24H22N4O6S/c1-3-22(24(30)26-21-11-10-19(28(33)34)12-15(21)2)35-20-9-5-7-17(14-20)25-23(29)16-6-4-8-18(13-16)27(31)32/h4-14,22H,3H2,1-2H3,(H,25,29)(H,26,30). The Morgan fingerprint density at radius 3 is 2.26 bits per heavy atom. The third-order valence-electron chi connectivity index (χ3n) is 5.03. The van der Waals surface area contributed by atoms with Crippen LogP contribution in [-0.2, 0) is 4.79 Å². The van der Waals surface area contributed by atoms with Crippen molar-refractivity contribution < 1.29 is 19.4 Å². The van der Waals surface area contributed by atoms with E-state index in [0.29, 0.717) is 23.4 Å². The summed E-state index contributed by atoms with van der Waals surface area (Å²) in [6.45, 7) is 3.55. The number of nitro benzene ring substituents is 2. The Morgan fingerprint density at radius 1 is 0.914 bits per heavy atom. The summed E-state index contributed by atoms with van der Waals surface area (Å²) < 4.78 is 0. The maximum Gasteiger partial charge on any atom is 0.270 e. The molecule has 0 saturated heterocycles. The normalized spacial score (nSPS) is 11.4. The molecule has 0 fully saturated rings. The summed E-state index contributed by atoms with van der Waals surface area (Å²) in [6.07, 6.45) is 0.521. The van der Waals surface area contributed by atoms with E-state index in [2.05, 4.69) is 10.6 Å². The molecule has 180 valence electrons. The van der Waals surface area contributed by atoms with Gasteiger partial charge in [0.05, 0.1) is 15.1 Å². The van der Waals surface area contributed by atoms with Gasteiger partial charge in [0.2, 0.25) is 5.91 Å². The maximum atomic E-state index is 12.9. The number of hydrogen-bond donors (Lipinski definition) is 2. The van der Waals surface area contributed by atoms with Gasteiger partial charge in [-0.1, -0.05) is 19.1 Å². The molecule has 0 bridgehead atoms. The van der Waals surface area contributed by atoms with Crippen LogP contribution in [0.4, 0.5) is 22.7 Å². The van der Waals surface area contributed by atoms with E-state index < -0.39 is 21.0 Å². The van der Waals surface area contributed by atoms with Crippen LogP contribution in [0.25, 0.3) is 0 Å². The van der Waals surface area contributed by atoms with Crippen molar-refractivity contribution >= 4 is 46.3 Å². The van der Waals surface area contributed by atoms with Crippen molar-refractivity contribution in [3.05, 3.63) is 98.1 Å². The maximum absolute atomic E-state index is 12.9. The highest BCUT2D eigenvalue weighted by Crippen LogP contribution is 2.30. The molecule has 35 heavy (non-hydrogen) atoms. The molecule has 2 N–H and O–H groups in total. The van der Waals surface area contributed by atoms with Gasteiger partial charge in [0, 0.05) is 46.1 Å². The van der Waals surface area contributed by atoms with Crippen LogP contribution < -0.4 is 10.6 Å². The highest BCUT2D eigenvalue weighted by Gasteiger charge is 2.20. The molecule has 11 heteroatoms. The Labute approximate surface area is 205 Å². The van der Waals surface area contributed by atoms with Crippen molar-refractivity contribution in [3.63, 3.8) is 0 Å². The van der Waals surface area contributed by atoms with E-state index in [0.717, 1.165) is 4.90 Å². The average molecular weight is 495 g/mol. The number of thioether (sulfide) groups is 1. The lowest BCUT2D eigenvalue weighted by Crippen LogP contribution is -2.25. The van der Waals surface area contributed by atoms with Gasteiger partial charge in [-0.15, -0.1) is 11.8 Å². The third kappa shape index (κ3) is 6.64. The second kappa shape index (κ2) is 11.3. The number of nitrogens with one attached hydrogen (secondary N) is 2. The molecular weight excluding hydrogens is 472 g/mol. The minimum Gasteiger partial charge on any atom is -0.325 e. The lowest BCUT2D eigenvalue weighted by atomic mass is 10.1. The van der Waals surface area contributed by atoms with Crippen molar-refractivity contribution in [3.8, 4) is 0 Å². The molecule has 0 spiro atoms. The Kier molecular flexibility index (Phi) is 8.16. The van der Waals surface area contributed by atoms with Crippen LogP contribution >= 0.6 is 11.8 Å². The molecule has 3 aromatic rings. The van der Waals surface area contributed by atoms with Gasteiger partial charge in [0.1, 0.15) is 0 Å². The first-order chi connectivity index (χ1) is 16.7. The van der Waals surface area contributed by atoms with Crippen molar-refractivity contribution in [1.29, 1.82) is 0 Å². The van der Waals surface area contributed by atoms with Crippen LogP contribution in [0.3, 0.4) is 0 Å². The number of carbonyl (C=O) groups excluding carboxylic acids is 2. The van der Waals surface area contributed by atoms with Gasteiger partial charge in [-0.3, -0.25) is 29.8 Å². The van der Waals surface area contributed by atoms with Crippen molar-refractivity contribution in [2.24, 2.45) is 0 Å². The van der Waals surface area contributed by atoms with E-state index in [1.807, 2.05) is 6.92 Å². The predicted molar refractivity (Wildman–Crippen MR) is 134 cm³/mol. The molecule has 0 aromatic heterocycles. The molecule has 0 aliphatic carbocycles. The summed E-state index contributed by atoms with van der Waals surface area (Å²) in [5.74, 6) is -0.741. The van der Waals surface area contributed by atoms with E-state index >= 15 is 0 Å². The summed E-state index contributed by atoms with van der Waals surface area (Å²) in [5, 5.41) is 27.0. The first-order valence-electron chi connectivity index (χ1n) is 10.6. The number of hydrogen-bond acceptors (Lipinski definition) is 7. The van der Waals surface area contributed by atoms with Crippen LogP contribution in [-0.4, -0.2) is 26.9 Å². The van der Waals surface area contributed by atoms with Crippen molar-refractivity contribution in [2.75, 3.05) is 10.6 Å².